The summed E-state index contributed by atoms with van der Waals surface area (Å²) in [7, 11) is 0. The minimum absolute atomic E-state index is 0.486. The summed E-state index contributed by atoms with van der Waals surface area (Å²) in [5.41, 5.74) is 1.35. The van der Waals surface area contributed by atoms with Crippen LogP contribution < -0.4 is 4.74 Å². The lowest BCUT2D eigenvalue weighted by atomic mass is 9.97. The third-order valence-corrected chi connectivity index (χ3v) is 2.79. The van der Waals surface area contributed by atoms with E-state index in [1.807, 2.05) is 12.1 Å². The van der Waals surface area contributed by atoms with Gasteiger partial charge in [0.25, 0.3) is 5.88 Å². The molecule has 1 aromatic heterocycles. The van der Waals surface area contributed by atoms with E-state index in [1.165, 1.54) is 18.4 Å². The van der Waals surface area contributed by atoms with Crippen LogP contribution in [0.25, 0.3) is 0 Å². The summed E-state index contributed by atoms with van der Waals surface area (Å²) >= 11 is 0. The van der Waals surface area contributed by atoms with Gasteiger partial charge in [-0.15, -0.1) is 5.10 Å². The van der Waals surface area contributed by atoms with E-state index in [2.05, 4.69) is 41.4 Å². The van der Waals surface area contributed by atoms with Crippen LogP contribution in [0.2, 0.25) is 0 Å². The van der Waals surface area contributed by atoms with Crippen LogP contribution in [0, 0.1) is 0 Å². The lowest BCUT2D eigenvalue weighted by Crippen LogP contribution is -1.92. The van der Waals surface area contributed by atoms with Gasteiger partial charge < -0.3 is 4.74 Å². The van der Waals surface area contributed by atoms with Crippen molar-refractivity contribution in [2.75, 3.05) is 0 Å². The Labute approximate surface area is 101 Å². The first kappa shape index (κ1) is 11.6. The second-order valence-corrected chi connectivity index (χ2v) is 4.17. The molecule has 0 saturated heterocycles. The Morgan fingerprint density at radius 3 is 2.65 bits per heavy atom. The van der Waals surface area contributed by atoms with Gasteiger partial charge in [-0.25, -0.2) is 0 Å². The largest absolute Gasteiger partial charge is 0.436 e. The van der Waals surface area contributed by atoms with E-state index in [-0.39, 0.29) is 0 Å². The zero-order valence-corrected chi connectivity index (χ0v) is 10.2. The van der Waals surface area contributed by atoms with Gasteiger partial charge in [-0.2, -0.15) is 10.3 Å². The average Bonchev–Trinajstić information content (AvgIpc) is 2.83. The predicted octanol–water partition coefficient (Wildman–Crippen LogP) is 3.50. The van der Waals surface area contributed by atoms with E-state index in [1.54, 1.807) is 6.20 Å². The molecule has 17 heavy (non-hydrogen) atoms. The highest BCUT2D eigenvalue weighted by molar-refractivity contribution is 5.31. The first-order valence-corrected chi connectivity index (χ1v) is 5.93. The number of hydrogen-bond donors (Lipinski definition) is 1. The molecule has 90 valence electrons. The van der Waals surface area contributed by atoms with Crippen LogP contribution >= 0.6 is 0 Å². The smallest absolute Gasteiger partial charge is 0.258 e. The van der Waals surface area contributed by atoms with Crippen molar-refractivity contribution in [2.24, 2.45) is 0 Å². The summed E-state index contributed by atoms with van der Waals surface area (Å²) in [6, 6.07) is 8.15. The van der Waals surface area contributed by atoms with E-state index in [0.717, 1.165) is 5.75 Å². The Morgan fingerprint density at radius 1 is 1.29 bits per heavy atom. The highest BCUT2D eigenvalue weighted by Gasteiger charge is 2.05. The van der Waals surface area contributed by atoms with Crippen LogP contribution in [0.5, 0.6) is 11.6 Å². The molecule has 4 nitrogen and oxygen atoms in total. The molecular weight excluding hydrogens is 214 g/mol. The molecule has 2 rings (SSSR count). The minimum atomic E-state index is 0.486. The fourth-order valence-corrected chi connectivity index (χ4v) is 1.83. The number of rotatable bonds is 5. The molecule has 0 aliphatic carbocycles. The van der Waals surface area contributed by atoms with Gasteiger partial charge in [-0.05, 0) is 30.0 Å². The van der Waals surface area contributed by atoms with Crippen LogP contribution in [0.1, 0.15) is 38.2 Å². The maximum absolute atomic E-state index is 5.51. The number of H-pyrrole nitrogens is 1. The molecule has 4 heteroatoms. The van der Waals surface area contributed by atoms with Crippen LogP contribution in [0.3, 0.4) is 0 Å². The summed E-state index contributed by atoms with van der Waals surface area (Å²) in [6.45, 7) is 4.45. The van der Waals surface area contributed by atoms with Gasteiger partial charge in [-0.3, -0.25) is 0 Å². The van der Waals surface area contributed by atoms with Gasteiger partial charge in [0.1, 0.15) is 11.9 Å². The van der Waals surface area contributed by atoms with Crippen LogP contribution in [-0.4, -0.2) is 15.4 Å². The van der Waals surface area contributed by atoms with E-state index >= 15 is 0 Å². The normalized spacial score (nSPS) is 12.4. The zero-order valence-electron chi connectivity index (χ0n) is 10.2. The third-order valence-electron chi connectivity index (χ3n) is 2.79. The van der Waals surface area contributed by atoms with Gasteiger partial charge in [0, 0.05) is 0 Å². The fraction of sp³-hybridized carbons (Fsp3) is 0.385. The molecule has 0 aliphatic rings. The van der Waals surface area contributed by atoms with Gasteiger partial charge in [0.15, 0.2) is 0 Å². The van der Waals surface area contributed by atoms with Gasteiger partial charge in [-0.1, -0.05) is 32.4 Å². The van der Waals surface area contributed by atoms with Crippen molar-refractivity contribution in [3.8, 4) is 11.6 Å². The first-order valence-electron chi connectivity index (χ1n) is 5.93. The molecule has 0 radical (unpaired) electrons. The first-order chi connectivity index (χ1) is 8.29. The van der Waals surface area contributed by atoms with Crippen molar-refractivity contribution in [1.29, 1.82) is 0 Å². The van der Waals surface area contributed by atoms with Crippen molar-refractivity contribution < 1.29 is 4.74 Å². The van der Waals surface area contributed by atoms with Crippen LogP contribution in [-0.2, 0) is 0 Å². The van der Waals surface area contributed by atoms with E-state index in [0.29, 0.717) is 11.8 Å². The second kappa shape index (κ2) is 5.48. The van der Waals surface area contributed by atoms with Gasteiger partial charge >= 0.3 is 0 Å². The van der Waals surface area contributed by atoms with Crippen molar-refractivity contribution in [2.45, 2.75) is 32.6 Å². The van der Waals surface area contributed by atoms with E-state index in [4.69, 9.17) is 4.74 Å². The average molecular weight is 231 g/mol. The zero-order chi connectivity index (χ0) is 12.1. The molecule has 1 aromatic carbocycles. The van der Waals surface area contributed by atoms with Crippen molar-refractivity contribution in [3.63, 3.8) is 0 Å². The number of nitrogens with zero attached hydrogens (tertiary/aromatic N) is 2. The molecule has 1 unspecified atom stereocenters. The summed E-state index contributed by atoms with van der Waals surface area (Å²) < 4.78 is 5.51. The quantitative estimate of drug-likeness (QED) is 0.856. The standard InChI is InChI=1S/C13H17N3O/c1-3-4-10(2)11-5-7-12(8-6-11)17-13-9-14-16-15-13/h5-10H,3-4H2,1-2H3,(H,14,15,16). The van der Waals surface area contributed by atoms with Crippen molar-refractivity contribution in [3.05, 3.63) is 36.0 Å². The van der Waals surface area contributed by atoms with Gasteiger partial charge in [0.05, 0.1) is 0 Å². The molecule has 2 aromatic rings. The SMILES string of the molecule is CCCC(C)c1ccc(Oc2cn[nH]n2)cc1. The Morgan fingerprint density at radius 2 is 2.06 bits per heavy atom. The van der Waals surface area contributed by atoms with Gasteiger partial charge in [0.2, 0.25) is 0 Å². The molecule has 0 amide bonds. The molecule has 1 heterocycles. The van der Waals surface area contributed by atoms with Crippen LogP contribution in [0.15, 0.2) is 30.5 Å². The molecule has 0 aliphatic heterocycles. The topological polar surface area (TPSA) is 50.8 Å². The summed E-state index contributed by atoms with van der Waals surface area (Å²) in [5.74, 6) is 1.87. The number of aromatic nitrogens is 3. The monoisotopic (exact) mass is 231 g/mol. The highest BCUT2D eigenvalue weighted by atomic mass is 16.5. The predicted molar refractivity (Wildman–Crippen MR) is 66.2 cm³/mol. The third kappa shape index (κ3) is 3.06. The lowest BCUT2D eigenvalue weighted by molar-refractivity contribution is 0.461. The Balaban J connectivity index is 2.02. The molecule has 0 fully saturated rings. The molecule has 0 bridgehead atoms. The number of hydrogen-bond acceptors (Lipinski definition) is 3. The number of nitrogens with one attached hydrogen (secondary N) is 1. The van der Waals surface area contributed by atoms with E-state index in [9.17, 15) is 0 Å². The molecule has 0 spiro atoms. The van der Waals surface area contributed by atoms with Crippen molar-refractivity contribution >= 4 is 0 Å². The molecular formula is C13H17N3O. The molecule has 0 saturated carbocycles. The maximum atomic E-state index is 5.51. The summed E-state index contributed by atoms with van der Waals surface area (Å²) in [5, 5.41) is 10.0. The number of aromatic amines is 1. The highest BCUT2D eigenvalue weighted by Crippen LogP contribution is 2.24. The van der Waals surface area contributed by atoms with Crippen molar-refractivity contribution in [1.82, 2.24) is 15.4 Å². The van der Waals surface area contributed by atoms with E-state index < -0.39 is 0 Å². The molecule has 1 atom stereocenters. The minimum Gasteiger partial charge on any atom is -0.436 e. The fourth-order valence-electron chi connectivity index (χ4n) is 1.83. The number of ether oxygens (including phenoxy) is 1. The summed E-state index contributed by atoms with van der Waals surface area (Å²) in [6.07, 6.45) is 3.97. The Kier molecular flexibility index (Phi) is 3.75. The lowest BCUT2D eigenvalue weighted by Gasteiger charge is -2.10. The Hall–Kier alpha value is -1.84. The Bertz CT molecular complexity index is 436. The molecule has 1 N–H and O–H groups in total. The number of benzene rings is 1. The van der Waals surface area contributed by atoms with Crippen LogP contribution in [0.4, 0.5) is 0 Å². The maximum Gasteiger partial charge on any atom is 0.258 e. The second-order valence-electron chi connectivity index (χ2n) is 4.17. The summed E-state index contributed by atoms with van der Waals surface area (Å²) in [4.78, 5) is 0.